The number of amides is 4. The lowest BCUT2D eigenvalue weighted by atomic mass is 10.0. The third-order valence-corrected chi connectivity index (χ3v) is 5.58. The van der Waals surface area contributed by atoms with Crippen molar-refractivity contribution in [1.29, 1.82) is 0 Å². The van der Waals surface area contributed by atoms with Gasteiger partial charge in [-0.25, -0.2) is 4.79 Å². The molecule has 0 aliphatic carbocycles. The number of benzene rings is 1. The van der Waals surface area contributed by atoms with Crippen LogP contribution >= 0.6 is 0 Å². The van der Waals surface area contributed by atoms with Crippen molar-refractivity contribution in [3.05, 3.63) is 35.9 Å². The molecule has 0 fully saturated rings. The second-order valence-corrected chi connectivity index (χ2v) is 9.40. The maximum atomic E-state index is 13.3. The number of hydrogen-bond donors (Lipinski definition) is 7. The summed E-state index contributed by atoms with van der Waals surface area (Å²) in [7, 11) is 0. The van der Waals surface area contributed by atoms with Gasteiger partial charge in [0.05, 0.1) is 12.5 Å². The van der Waals surface area contributed by atoms with Crippen LogP contribution in [-0.4, -0.2) is 65.4 Å². The van der Waals surface area contributed by atoms with Gasteiger partial charge in [0.25, 0.3) is 0 Å². The SMILES string of the molecule is CC(C)CC(NC(=O)C(CCCCN)NC(=O)C(Cc1ccccc1)NC(=O)C(N)CC(N)=O)C(=O)O. The first kappa shape index (κ1) is 31.5. The first-order valence-electron chi connectivity index (χ1n) is 12.4. The molecule has 0 saturated carbocycles. The number of aliphatic carboxylic acids is 1. The summed E-state index contributed by atoms with van der Waals surface area (Å²) in [6.45, 7) is 4.06. The molecule has 0 aliphatic rings. The predicted molar refractivity (Wildman–Crippen MR) is 138 cm³/mol. The van der Waals surface area contributed by atoms with Crippen LogP contribution in [-0.2, 0) is 30.4 Å². The van der Waals surface area contributed by atoms with Crippen LogP contribution in [0.4, 0.5) is 0 Å². The van der Waals surface area contributed by atoms with Crippen LogP contribution in [0.2, 0.25) is 0 Å². The summed E-state index contributed by atoms with van der Waals surface area (Å²) in [4.78, 5) is 61.7. The summed E-state index contributed by atoms with van der Waals surface area (Å²) in [5.74, 6) is -3.98. The van der Waals surface area contributed by atoms with Crippen LogP contribution in [0.1, 0.15) is 51.5 Å². The molecule has 1 rings (SSSR count). The molecule has 0 bridgehead atoms. The van der Waals surface area contributed by atoms with Crippen LogP contribution in [0, 0.1) is 5.92 Å². The van der Waals surface area contributed by atoms with Gasteiger partial charge in [-0.2, -0.15) is 0 Å². The summed E-state index contributed by atoms with van der Waals surface area (Å²) >= 11 is 0. The fourth-order valence-corrected chi connectivity index (χ4v) is 3.65. The highest BCUT2D eigenvalue weighted by molar-refractivity contribution is 5.95. The van der Waals surface area contributed by atoms with Crippen molar-refractivity contribution in [2.24, 2.45) is 23.1 Å². The molecule has 206 valence electrons. The number of nitrogens with one attached hydrogen (secondary N) is 3. The molecule has 0 aliphatic heterocycles. The van der Waals surface area contributed by atoms with E-state index < -0.39 is 60.2 Å². The topological polar surface area (TPSA) is 220 Å². The summed E-state index contributed by atoms with van der Waals surface area (Å²) in [6, 6.07) is 4.34. The molecule has 1 aromatic rings. The fourth-order valence-electron chi connectivity index (χ4n) is 3.65. The smallest absolute Gasteiger partial charge is 0.326 e. The zero-order valence-corrected chi connectivity index (χ0v) is 21.4. The minimum Gasteiger partial charge on any atom is -0.480 e. The monoisotopic (exact) mass is 520 g/mol. The van der Waals surface area contributed by atoms with E-state index in [2.05, 4.69) is 16.0 Å². The maximum Gasteiger partial charge on any atom is 0.326 e. The van der Waals surface area contributed by atoms with Crippen molar-refractivity contribution < 1.29 is 29.1 Å². The lowest BCUT2D eigenvalue weighted by molar-refractivity contribution is -0.142. The lowest BCUT2D eigenvalue weighted by Crippen LogP contribution is -2.57. The van der Waals surface area contributed by atoms with Gasteiger partial charge in [0.15, 0.2) is 0 Å². The molecular weight excluding hydrogens is 480 g/mol. The Morgan fingerprint density at radius 2 is 1.43 bits per heavy atom. The Balaban J connectivity index is 3.11. The van der Waals surface area contributed by atoms with Gasteiger partial charge in [-0.3, -0.25) is 19.2 Å². The minimum atomic E-state index is -1.25. The minimum absolute atomic E-state index is 0.0155. The zero-order chi connectivity index (χ0) is 28.0. The van der Waals surface area contributed by atoms with Crippen LogP contribution in [0.5, 0.6) is 0 Å². The molecule has 4 atom stereocenters. The third kappa shape index (κ3) is 12.3. The first-order valence-corrected chi connectivity index (χ1v) is 12.4. The highest BCUT2D eigenvalue weighted by Crippen LogP contribution is 2.09. The number of nitrogens with two attached hydrogens (primary N) is 3. The lowest BCUT2D eigenvalue weighted by Gasteiger charge is -2.25. The van der Waals surface area contributed by atoms with Crippen LogP contribution in [0.3, 0.4) is 0 Å². The van der Waals surface area contributed by atoms with E-state index in [1.165, 1.54) is 0 Å². The molecule has 0 saturated heterocycles. The van der Waals surface area contributed by atoms with E-state index in [1.807, 2.05) is 13.8 Å². The number of primary amides is 1. The quantitative estimate of drug-likeness (QED) is 0.128. The standard InChI is InChI=1S/C25H40N6O6/c1-15(2)12-20(25(36)37)31-23(34)18(10-6-7-11-26)29-24(35)19(13-16-8-4-3-5-9-16)30-22(33)17(27)14-21(28)32/h3-5,8-9,15,17-20H,6-7,10-14,26-27H2,1-2H3,(H2,28,32)(H,29,35)(H,30,33)(H,31,34)(H,36,37). The van der Waals surface area contributed by atoms with E-state index in [1.54, 1.807) is 30.3 Å². The molecule has 12 heteroatoms. The van der Waals surface area contributed by atoms with Gasteiger partial charge < -0.3 is 38.3 Å². The summed E-state index contributed by atoms with van der Waals surface area (Å²) in [5.41, 5.74) is 17.2. The van der Waals surface area contributed by atoms with E-state index in [0.717, 1.165) is 5.56 Å². The highest BCUT2D eigenvalue weighted by Gasteiger charge is 2.30. The van der Waals surface area contributed by atoms with E-state index in [9.17, 15) is 29.1 Å². The van der Waals surface area contributed by atoms with E-state index >= 15 is 0 Å². The van der Waals surface area contributed by atoms with Crippen molar-refractivity contribution in [3.8, 4) is 0 Å². The Morgan fingerprint density at radius 1 is 0.865 bits per heavy atom. The number of carbonyl (C=O) groups excluding carboxylic acids is 4. The third-order valence-electron chi connectivity index (χ3n) is 5.58. The van der Waals surface area contributed by atoms with Crippen molar-refractivity contribution >= 4 is 29.6 Å². The molecule has 4 amide bonds. The second-order valence-electron chi connectivity index (χ2n) is 9.40. The van der Waals surface area contributed by atoms with Gasteiger partial charge in [0.1, 0.15) is 18.1 Å². The first-order chi connectivity index (χ1) is 17.4. The number of unbranched alkanes of at least 4 members (excludes halogenated alkanes) is 1. The van der Waals surface area contributed by atoms with Crippen molar-refractivity contribution in [1.82, 2.24) is 16.0 Å². The molecule has 12 nitrogen and oxygen atoms in total. The van der Waals surface area contributed by atoms with E-state index in [4.69, 9.17) is 17.2 Å². The Hall–Kier alpha value is -3.51. The highest BCUT2D eigenvalue weighted by atomic mass is 16.4. The Labute approximate surface area is 217 Å². The number of rotatable bonds is 17. The number of carbonyl (C=O) groups is 5. The van der Waals surface area contributed by atoms with Crippen LogP contribution < -0.4 is 33.2 Å². The van der Waals surface area contributed by atoms with Crippen LogP contribution in [0.25, 0.3) is 0 Å². The normalized spacial score (nSPS) is 14.2. The maximum absolute atomic E-state index is 13.3. The summed E-state index contributed by atoms with van der Waals surface area (Å²) < 4.78 is 0. The molecule has 0 spiro atoms. The summed E-state index contributed by atoms with van der Waals surface area (Å²) in [5, 5.41) is 17.2. The molecule has 1 aromatic carbocycles. The van der Waals surface area contributed by atoms with Gasteiger partial charge in [-0.05, 0) is 43.7 Å². The molecule has 10 N–H and O–H groups in total. The van der Waals surface area contributed by atoms with Gasteiger partial charge in [0, 0.05) is 6.42 Å². The number of carboxylic acid groups (broad SMARTS) is 1. The van der Waals surface area contributed by atoms with Crippen molar-refractivity contribution in [3.63, 3.8) is 0 Å². The van der Waals surface area contributed by atoms with Gasteiger partial charge in [-0.15, -0.1) is 0 Å². The fraction of sp³-hybridized carbons (Fsp3) is 0.560. The summed E-state index contributed by atoms with van der Waals surface area (Å²) in [6.07, 6.45) is 1.23. The van der Waals surface area contributed by atoms with E-state index in [-0.39, 0.29) is 25.2 Å². The van der Waals surface area contributed by atoms with Gasteiger partial charge in [0.2, 0.25) is 23.6 Å². The molecular formula is C25H40N6O6. The Bertz CT molecular complexity index is 910. The number of hydrogen-bond acceptors (Lipinski definition) is 7. The average molecular weight is 521 g/mol. The van der Waals surface area contributed by atoms with Gasteiger partial charge >= 0.3 is 5.97 Å². The predicted octanol–water partition coefficient (Wildman–Crippen LogP) is -0.854. The van der Waals surface area contributed by atoms with Gasteiger partial charge in [-0.1, -0.05) is 44.2 Å². The molecule has 37 heavy (non-hydrogen) atoms. The van der Waals surface area contributed by atoms with Crippen molar-refractivity contribution in [2.45, 2.75) is 76.5 Å². The van der Waals surface area contributed by atoms with Crippen molar-refractivity contribution in [2.75, 3.05) is 6.54 Å². The molecule has 0 heterocycles. The molecule has 4 unspecified atom stereocenters. The largest absolute Gasteiger partial charge is 0.480 e. The van der Waals surface area contributed by atoms with E-state index in [0.29, 0.717) is 19.4 Å². The number of carboxylic acids is 1. The Kier molecular flexibility index (Phi) is 13.9. The zero-order valence-electron chi connectivity index (χ0n) is 21.4. The molecule has 0 aromatic heterocycles. The second kappa shape index (κ2) is 16.3. The Morgan fingerprint density at radius 3 is 1.97 bits per heavy atom. The molecule has 0 radical (unpaired) electrons. The average Bonchev–Trinajstić information content (AvgIpc) is 2.82. The van der Waals surface area contributed by atoms with Crippen LogP contribution in [0.15, 0.2) is 30.3 Å².